The molecule has 1 rings (SSSR count). The highest BCUT2D eigenvalue weighted by Crippen LogP contribution is 2.14. The summed E-state index contributed by atoms with van der Waals surface area (Å²) in [5.41, 5.74) is 2.27. The Morgan fingerprint density at radius 2 is 1.95 bits per heavy atom. The average Bonchev–Trinajstić information content (AvgIpc) is 2.50. The van der Waals surface area contributed by atoms with Crippen LogP contribution in [-0.2, 0) is 4.74 Å². The zero-order chi connectivity index (χ0) is 15.5. The van der Waals surface area contributed by atoms with E-state index in [4.69, 9.17) is 4.74 Å². The first-order chi connectivity index (χ1) is 10.2. The third-order valence-electron chi connectivity index (χ3n) is 3.88. The van der Waals surface area contributed by atoms with Crippen molar-refractivity contribution < 1.29 is 9.84 Å². The molecule has 0 saturated heterocycles. The van der Waals surface area contributed by atoms with Gasteiger partial charge >= 0.3 is 0 Å². The van der Waals surface area contributed by atoms with E-state index in [1.165, 1.54) is 24.8 Å². The predicted octanol–water partition coefficient (Wildman–Crippen LogP) is 4.00. The van der Waals surface area contributed by atoms with Gasteiger partial charge in [0.05, 0.1) is 12.7 Å². The van der Waals surface area contributed by atoms with Crippen molar-refractivity contribution in [3.63, 3.8) is 0 Å². The molecule has 21 heavy (non-hydrogen) atoms. The summed E-state index contributed by atoms with van der Waals surface area (Å²) in [4.78, 5) is 0. The van der Waals surface area contributed by atoms with Gasteiger partial charge in [0.2, 0.25) is 0 Å². The molecule has 3 nitrogen and oxygen atoms in total. The summed E-state index contributed by atoms with van der Waals surface area (Å²) < 4.78 is 5.67. The summed E-state index contributed by atoms with van der Waals surface area (Å²) in [6.45, 7) is 8.18. The molecule has 1 aromatic carbocycles. The third kappa shape index (κ3) is 7.49. The number of benzene rings is 1. The van der Waals surface area contributed by atoms with Crippen LogP contribution in [0.2, 0.25) is 0 Å². The number of rotatable bonds is 11. The third-order valence-corrected chi connectivity index (χ3v) is 3.88. The van der Waals surface area contributed by atoms with Gasteiger partial charge in [-0.2, -0.15) is 0 Å². The number of ether oxygens (including phenoxy) is 1. The maximum atomic E-state index is 9.98. The maximum absolute atomic E-state index is 9.98. The van der Waals surface area contributed by atoms with Gasteiger partial charge in [0, 0.05) is 18.8 Å². The molecule has 2 atom stereocenters. The minimum absolute atomic E-state index is 0.404. The summed E-state index contributed by atoms with van der Waals surface area (Å²) in [5.74, 6) is 0.626. The summed E-state index contributed by atoms with van der Waals surface area (Å²) in [6, 6.07) is 8.10. The molecule has 1 aromatic rings. The van der Waals surface area contributed by atoms with E-state index < -0.39 is 6.10 Å². The molecule has 0 saturated carbocycles. The molecular formula is C18H31NO2. The van der Waals surface area contributed by atoms with Crippen LogP contribution in [0, 0.1) is 12.8 Å². The molecule has 3 heteroatoms. The number of aliphatic hydroxyl groups is 1. The fraction of sp³-hybridized carbons (Fsp3) is 0.667. The average molecular weight is 293 g/mol. The van der Waals surface area contributed by atoms with E-state index in [9.17, 15) is 5.11 Å². The highest BCUT2D eigenvalue weighted by Gasteiger charge is 2.09. The van der Waals surface area contributed by atoms with Gasteiger partial charge in [-0.15, -0.1) is 0 Å². The molecule has 0 aliphatic rings. The van der Waals surface area contributed by atoms with Gasteiger partial charge in [-0.1, -0.05) is 51.3 Å². The topological polar surface area (TPSA) is 41.5 Å². The van der Waals surface area contributed by atoms with E-state index in [0.29, 0.717) is 19.1 Å². The number of nitrogens with one attached hydrogen (secondary N) is 1. The number of hydrogen-bond acceptors (Lipinski definition) is 3. The second-order valence-corrected chi connectivity index (χ2v) is 5.80. The van der Waals surface area contributed by atoms with Crippen LogP contribution in [0.15, 0.2) is 24.3 Å². The van der Waals surface area contributed by atoms with Crippen molar-refractivity contribution in [2.75, 3.05) is 25.1 Å². The lowest BCUT2D eigenvalue weighted by Gasteiger charge is -2.18. The Kier molecular flexibility index (Phi) is 9.11. The lowest BCUT2D eigenvalue weighted by Crippen LogP contribution is -2.26. The predicted molar refractivity (Wildman–Crippen MR) is 89.8 cm³/mol. The van der Waals surface area contributed by atoms with Crippen LogP contribution < -0.4 is 5.32 Å². The molecule has 0 heterocycles. The largest absolute Gasteiger partial charge is 0.389 e. The zero-order valence-electron chi connectivity index (χ0n) is 13.8. The van der Waals surface area contributed by atoms with Crippen LogP contribution in [0.3, 0.4) is 0 Å². The standard InChI is InChI=1S/C18H31NO2/c1-4-6-10-16(5-2)13-21-14-17(20)12-19-18-11-8-7-9-15(18)3/h7-9,11,16-17,19-20H,4-6,10,12-14H2,1-3H3. The second kappa shape index (κ2) is 10.6. The molecule has 0 fully saturated rings. The number of aryl methyl sites for hydroxylation is 1. The van der Waals surface area contributed by atoms with Crippen molar-refractivity contribution >= 4 is 5.69 Å². The molecule has 0 aromatic heterocycles. The first-order valence-corrected chi connectivity index (χ1v) is 8.22. The highest BCUT2D eigenvalue weighted by molar-refractivity contribution is 5.50. The quantitative estimate of drug-likeness (QED) is 0.648. The van der Waals surface area contributed by atoms with E-state index in [0.717, 1.165) is 18.7 Å². The number of anilines is 1. The van der Waals surface area contributed by atoms with Gasteiger partial charge in [0.15, 0.2) is 0 Å². The van der Waals surface area contributed by atoms with Crippen molar-refractivity contribution in [3.8, 4) is 0 Å². The van der Waals surface area contributed by atoms with E-state index in [-0.39, 0.29) is 0 Å². The lowest BCUT2D eigenvalue weighted by molar-refractivity contribution is 0.0245. The van der Waals surface area contributed by atoms with Crippen LogP contribution in [0.4, 0.5) is 5.69 Å². The van der Waals surface area contributed by atoms with Crippen LogP contribution in [0.5, 0.6) is 0 Å². The number of hydrogen-bond donors (Lipinski definition) is 2. The Morgan fingerprint density at radius 1 is 1.19 bits per heavy atom. The Morgan fingerprint density at radius 3 is 2.62 bits per heavy atom. The number of para-hydroxylation sites is 1. The van der Waals surface area contributed by atoms with E-state index in [1.54, 1.807) is 0 Å². The lowest BCUT2D eigenvalue weighted by atomic mass is 10.0. The first-order valence-electron chi connectivity index (χ1n) is 8.22. The van der Waals surface area contributed by atoms with Gasteiger partial charge in [-0.05, 0) is 30.9 Å². The monoisotopic (exact) mass is 293 g/mol. The molecule has 120 valence electrons. The second-order valence-electron chi connectivity index (χ2n) is 5.80. The molecule has 0 aliphatic heterocycles. The van der Waals surface area contributed by atoms with Crippen molar-refractivity contribution in [2.45, 2.75) is 52.6 Å². The summed E-state index contributed by atoms with van der Waals surface area (Å²) in [6.07, 6.45) is 4.41. The van der Waals surface area contributed by atoms with Gasteiger partial charge in [0.25, 0.3) is 0 Å². The molecular weight excluding hydrogens is 262 g/mol. The minimum atomic E-state index is -0.465. The summed E-state index contributed by atoms with van der Waals surface area (Å²) in [7, 11) is 0. The minimum Gasteiger partial charge on any atom is -0.389 e. The van der Waals surface area contributed by atoms with Gasteiger partial charge < -0.3 is 15.2 Å². The Hall–Kier alpha value is -1.06. The number of unbranched alkanes of at least 4 members (excludes halogenated alkanes) is 1. The molecule has 0 aliphatic carbocycles. The molecule has 0 amide bonds. The normalized spacial score (nSPS) is 13.9. The van der Waals surface area contributed by atoms with Crippen molar-refractivity contribution in [1.82, 2.24) is 0 Å². The van der Waals surface area contributed by atoms with Crippen molar-refractivity contribution in [1.29, 1.82) is 0 Å². The smallest absolute Gasteiger partial charge is 0.0945 e. The van der Waals surface area contributed by atoms with E-state index >= 15 is 0 Å². The fourth-order valence-corrected chi connectivity index (χ4v) is 2.33. The van der Waals surface area contributed by atoms with Crippen molar-refractivity contribution in [2.24, 2.45) is 5.92 Å². The van der Waals surface area contributed by atoms with Crippen LogP contribution in [0.25, 0.3) is 0 Å². The van der Waals surface area contributed by atoms with E-state index in [1.807, 2.05) is 18.2 Å². The Labute approximate surface area is 129 Å². The van der Waals surface area contributed by atoms with Gasteiger partial charge in [-0.25, -0.2) is 0 Å². The Balaban J connectivity index is 2.19. The zero-order valence-corrected chi connectivity index (χ0v) is 13.8. The van der Waals surface area contributed by atoms with E-state index in [2.05, 4.69) is 32.2 Å². The van der Waals surface area contributed by atoms with Gasteiger partial charge in [-0.3, -0.25) is 0 Å². The number of aliphatic hydroxyl groups excluding tert-OH is 1. The van der Waals surface area contributed by atoms with Crippen LogP contribution in [0.1, 0.15) is 45.1 Å². The fourth-order valence-electron chi connectivity index (χ4n) is 2.33. The van der Waals surface area contributed by atoms with Gasteiger partial charge in [0.1, 0.15) is 0 Å². The van der Waals surface area contributed by atoms with Crippen molar-refractivity contribution in [3.05, 3.63) is 29.8 Å². The summed E-state index contributed by atoms with van der Waals surface area (Å²) in [5, 5.41) is 13.2. The first kappa shape index (κ1) is 18.0. The van der Waals surface area contributed by atoms with Crippen LogP contribution >= 0.6 is 0 Å². The molecule has 0 spiro atoms. The maximum Gasteiger partial charge on any atom is 0.0945 e. The molecule has 2 unspecified atom stereocenters. The molecule has 2 N–H and O–H groups in total. The molecule has 0 bridgehead atoms. The summed E-state index contributed by atoms with van der Waals surface area (Å²) >= 11 is 0. The van der Waals surface area contributed by atoms with Crippen LogP contribution in [-0.4, -0.2) is 31.0 Å². The Bertz CT molecular complexity index is 381. The highest BCUT2D eigenvalue weighted by atomic mass is 16.5. The SMILES string of the molecule is CCCCC(CC)COCC(O)CNc1ccccc1C. The molecule has 0 radical (unpaired) electrons.